The molecule has 1 aliphatic rings. The summed E-state index contributed by atoms with van der Waals surface area (Å²) in [5, 5.41) is 0.149. The standard InChI is InChI=1S/C27H37F2N3O5/c1-17(2)32(19-9-7-10-31(16-19)26(34)37-27(3,4)5)25(33)22-15-23(36-12-8-11-35-6)20-13-18(28)14-21(29)24(20)30-22/h13-15,17,19H,7-12,16H2,1-6H3/t19-/m1/s1. The lowest BCUT2D eigenvalue weighted by molar-refractivity contribution is 0.00742. The average molecular weight is 522 g/mol. The van der Waals surface area contributed by atoms with E-state index in [0.717, 1.165) is 12.1 Å². The highest BCUT2D eigenvalue weighted by atomic mass is 19.1. The zero-order chi connectivity index (χ0) is 27.3. The third-order valence-corrected chi connectivity index (χ3v) is 6.00. The lowest BCUT2D eigenvalue weighted by Crippen LogP contribution is -2.54. The highest BCUT2D eigenvalue weighted by molar-refractivity contribution is 5.97. The molecule has 0 aliphatic carbocycles. The van der Waals surface area contributed by atoms with E-state index in [2.05, 4.69) is 4.98 Å². The minimum Gasteiger partial charge on any atom is -0.493 e. The number of piperidine rings is 1. The second-order valence-electron chi connectivity index (χ2n) is 10.5. The summed E-state index contributed by atoms with van der Waals surface area (Å²) in [6.07, 6.45) is 1.53. The summed E-state index contributed by atoms with van der Waals surface area (Å²) in [4.78, 5) is 34.0. The first-order valence-corrected chi connectivity index (χ1v) is 12.6. The van der Waals surface area contributed by atoms with Crippen LogP contribution in [0.2, 0.25) is 0 Å². The van der Waals surface area contributed by atoms with Gasteiger partial charge < -0.3 is 24.0 Å². The van der Waals surface area contributed by atoms with Crippen molar-refractivity contribution in [2.75, 3.05) is 33.4 Å². The minimum atomic E-state index is -0.878. The number of amides is 2. The highest BCUT2D eigenvalue weighted by Crippen LogP contribution is 2.30. The molecule has 3 rings (SSSR count). The van der Waals surface area contributed by atoms with Gasteiger partial charge >= 0.3 is 6.09 Å². The van der Waals surface area contributed by atoms with Crippen LogP contribution in [0.4, 0.5) is 13.6 Å². The van der Waals surface area contributed by atoms with Crippen molar-refractivity contribution in [1.29, 1.82) is 0 Å². The van der Waals surface area contributed by atoms with Gasteiger partial charge in [0.15, 0.2) is 5.82 Å². The van der Waals surface area contributed by atoms with Crippen molar-refractivity contribution in [3.8, 4) is 5.75 Å². The van der Waals surface area contributed by atoms with Crippen LogP contribution in [0.5, 0.6) is 5.75 Å². The molecule has 1 fully saturated rings. The van der Waals surface area contributed by atoms with Crippen molar-refractivity contribution in [2.24, 2.45) is 0 Å². The Morgan fingerprint density at radius 1 is 1.19 bits per heavy atom. The third-order valence-electron chi connectivity index (χ3n) is 6.00. The molecule has 2 heterocycles. The number of fused-ring (bicyclic) bond motifs is 1. The van der Waals surface area contributed by atoms with Crippen LogP contribution in [0.1, 0.15) is 64.4 Å². The fraction of sp³-hybridized carbons (Fsp3) is 0.593. The summed E-state index contributed by atoms with van der Waals surface area (Å²) in [7, 11) is 1.57. The van der Waals surface area contributed by atoms with Gasteiger partial charge in [-0.15, -0.1) is 0 Å². The van der Waals surface area contributed by atoms with Crippen molar-refractivity contribution in [1.82, 2.24) is 14.8 Å². The molecule has 1 aliphatic heterocycles. The zero-order valence-electron chi connectivity index (χ0n) is 22.5. The fourth-order valence-electron chi connectivity index (χ4n) is 4.46. The summed E-state index contributed by atoms with van der Waals surface area (Å²) in [6.45, 7) is 10.7. The molecule has 0 spiro atoms. The third kappa shape index (κ3) is 7.28. The Bertz CT molecular complexity index is 1120. The van der Waals surface area contributed by atoms with Crippen LogP contribution in [0, 0.1) is 11.6 Å². The molecule has 2 aromatic rings. The number of carbonyl (C=O) groups excluding carboxylic acids is 2. The lowest BCUT2D eigenvalue weighted by atomic mass is 10.0. The number of rotatable bonds is 8. The zero-order valence-corrected chi connectivity index (χ0v) is 22.5. The van der Waals surface area contributed by atoms with Gasteiger partial charge in [-0.2, -0.15) is 0 Å². The van der Waals surface area contributed by atoms with Gasteiger partial charge in [0.25, 0.3) is 5.91 Å². The molecular formula is C27H37F2N3O5. The van der Waals surface area contributed by atoms with E-state index >= 15 is 0 Å². The van der Waals surface area contributed by atoms with Crippen molar-refractivity contribution in [2.45, 2.75) is 71.6 Å². The van der Waals surface area contributed by atoms with Gasteiger partial charge in [-0.25, -0.2) is 18.6 Å². The van der Waals surface area contributed by atoms with Crippen molar-refractivity contribution < 1.29 is 32.6 Å². The highest BCUT2D eigenvalue weighted by Gasteiger charge is 2.35. The van der Waals surface area contributed by atoms with Crippen LogP contribution in [-0.4, -0.2) is 77.9 Å². The van der Waals surface area contributed by atoms with E-state index in [0.29, 0.717) is 39.0 Å². The maximum Gasteiger partial charge on any atom is 0.410 e. The number of carbonyl (C=O) groups is 2. The molecule has 2 amide bonds. The van der Waals surface area contributed by atoms with Crippen LogP contribution in [-0.2, 0) is 9.47 Å². The first-order chi connectivity index (χ1) is 17.4. The van der Waals surface area contributed by atoms with E-state index in [1.165, 1.54) is 6.07 Å². The van der Waals surface area contributed by atoms with Crippen molar-refractivity contribution in [3.05, 3.63) is 35.5 Å². The predicted molar refractivity (Wildman–Crippen MR) is 136 cm³/mol. The summed E-state index contributed by atoms with van der Waals surface area (Å²) in [6, 6.07) is 2.80. The Labute approximate surface area is 216 Å². The number of benzene rings is 1. The summed E-state index contributed by atoms with van der Waals surface area (Å²) < 4.78 is 45.1. The van der Waals surface area contributed by atoms with Crippen LogP contribution in [0.25, 0.3) is 10.9 Å². The molecule has 1 atom stereocenters. The molecule has 0 bridgehead atoms. The average Bonchev–Trinajstić information content (AvgIpc) is 2.81. The number of hydrogen-bond acceptors (Lipinski definition) is 6. The van der Waals surface area contributed by atoms with E-state index in [1.807, 2.05) is 34.6 Å². The van der Waals surface area contributed by atoms with E-state index in [4.69, 9.17) is 14.2 Å². The molecule has 0 unspecified atom stereocenters. The van der Waals surface area contributed by atoms with Crippen molar-refractivity contribution in [3.63, 3.8) is 0 Å². The van der Waals surface area contributed by atoms with Gasteiger partial charge in [0.05, 0.1) is 12.6 Å². The second-order valence-corrected chi connectivity index (χ2v) is 10.5. The van der Waals surface area contributed by atoms with Gasteiger partial charge in [-0.3, -0.25) is 4.79 Å². The molecular weight excluding hydrogens is 484 g/mol. The quantitative estimate of drug-likeness (QED) is 0.446. The molecule has 0 N–H and O–H groups in total. The molecule has 1 aromatic carbocycles. The number of nitrogens with zero attached hydrogens (tertiary/aromatic N) is 3. The molecule has 10 heteroatoms. The normalized spacial score (nSPS) is 16.2. The smallest absolute Gasteiger partial charge is 0.410 e. The number of halogens is 2. The first kappa shape index (κ1) is 28.6. The molecule has 1 aromatic heterocycles. The van der Waals surface area contributed by atoms with E-state index in [-0.39, 0.29) is 41.0 Å². The number of aromatic nitrogens is 1. The number of hydrogen-bond donors (Lipinski definition) is 0. The predicted octanol–water partition coefficient (Wildman–Crippen LogP) is 5.18. The van der Waals surface area contributed by atoms with Crippen LogP contribution < -0.4 is 4.74 Å². The molecule has 0 radical (unpaired) electrons. The molecule has 204 valence electrons. The summed E-state index contributed by atoms with van der Waals surface area (Å²) in [5.74, 6) is -1.89. The Hall–Kier alpha value is -3.01. The largest absolute Gasteiger partial charge is 0.493 e. The number of pyridine rings is 1. The van der Waals surface area contributed by atoms with Crippen LogP contribution >= 0.6 is 0 Å². The molecule has 37 heavy (non-hydrogen) atoms. The van der Waals surface area contributed by atoms with E-state index in [1.54, 1.807) is 16.9 Å². The number of ether oxygens (including phenoxy) is 3. The maximum absolute atomic E-state index is 14.7. The Kier molecular flexibility index (Phi) is 9.28. The van der Waals surface area contributed by atoms with E-state index < -0.39 is 29.2 Å². The first-order valence-electron chi connectivity index (χ1n) is 12.6. The van der Waals surface area contributed by atoms with Crippen molar-refractivity contribution >= 4 is 22.9 Å². The molecule has 1 saturated heterocycles. The SMILES string of the molecule is COCCCOc1cc(C(=O)N(C(C)C)[C@@H]2CCCN(C(=O)OC(C)(C)C)C2)nc2c(F)cc(F)cc12. The van der Waals surface area contributed by atoms with Gasteiger partial charge in [0, 0.05) is 56.8 Å². The maximum atomic E-state index is 14.7. The number of likely N-dealkylation sites (tertiary alicyclic amines) is 1. The van der Waals surface area contributed by atoms with Crippen LogP contribution in [0.15, 0.2) is 18.2 Å². The topological polar surface area (TPSA) is 81.2 Å². The second kappa shape index (κ2) is 12.0. The Morgan fingerprint density at radius 3 is 2.57 bits per heavy atom. The lowest BCUT2D eigenvalue weighted by Gasteiger charge is -2.41. The Balaban J connectivity index is 1.93. The van der Waals surface area contributed by atoms with Gasteiger partial charge in [-0.1, -0.05) is 0 Å². The monoisotopic (exact) mass is 521 g/mol. The fourth-order valence-corrected chi connectivity index (χ4v) is 4.46. The van der Waals surface area contributed by atoms with Gasteiger partial charge in [-0.05, 0) is 53.5 Å². The summed E-state index contributed by atoms with van der Waals surface area (Å²) >= 11 is 0. The van der Waals surface area contributed by atoms with Gasteiger partial charge in [0.1, 0.15) is 28.4 Å². The minimum absolute atomic E-state index is 0.0113. The van der Waals surface area contributed by atoms with Gasteiger partial charge in [0.2, 0.25) is 0 Å². The summed E-state index contributed by atoms with van der Waals surface area (Å²) in [5.41, 5.74) is -0.782. The molecule has 0 saturated carbocycles. The number of methoxy groups -OCH3 is 1. The van der Waals surface area contributed by atoms with E-state index in [9.17, 15) is 18.4 Å². The van der Waals surface area contributed by atoms with Crippen LogP contribution in [0.3, 0.4) is 0 Å². The Morgan fingerprint density at radius 2 is 1.92 bits per heavy atom. The molecule has 8 nitrogen and oxygen atoms in total.